The Bertz CT molecular complexity index is 1360. The predicted octanol–water partition coefficient (Wildman–Crippen LogP) is 3.17. The summed E-state index contributed by atoms with van der Waals surface area (Å²) in [6, 6.07) is 8.18. The van der Waals surface area contributed by atoms with E-state index < -0.39 is 0 Å². The van der Waals surface area contributed by atoms with E-state index >= 15 is 0 Å². The van der Waals surface area contributed by atoms with Crippen LogP contribution in [0, 0.1) is 5.92 Å². The molecule has 5 heterocycles. The molecule has 2 N–H and O–H groups in total. The summed E-state index contributed by atoms with van der Waals surface area (Å²) in [7, 11) is 1.84. The van der Waals surface area contributed by atoms with Gasteiger partial charge in [-0.2, -0.15) is 5.10 Å². The van der Waals surface area contributed by atoms with Crippen molar-refractivity contribution in [2.75, 3.05) is 48.9 Å². The highest BCUT2D eigenvalue weighted by Gasteiger charge is 2.30. The Morgan fingerprint density at radius 1 is 1.09 bits per heavy atom. The number of fused-ring (bicyclic) bond motifs is 2. The third-order valence-corrected chi connectivity index (χ3v) is 6.30. The molecule has 1 aliphatic heterocycles. The van der Waals surface area contributed by atoms with Gasteiger partial charge in [0, 0.05) is 54.8 Å². The van der Waals surface area contributed by atoms with Crippen LogP contribution in [-0.2, 0) is 9.53 Å². The van der Waals surface area contributed by atoms with E-state index in [2.05, 4.69) is 49.9 Å². The van der Waals surface area contributed by atoms with E-state index in [0.717, 1.165) is 78.2 Å². The lowest BCUT2D eigenvalue weighted by Gasteiger charge is -2.28. The van der Waals surface area contributed by atoms with E-state index in [0.29, 0.717) is 5.82 Å². The lowest BCUT2D eigenvalue weighted by molar-refractivity contribution is -0.117. The standard InChI is InChI=1S/C24H25N7O2/c1-25-23-20-13-26-22(28-24(32)15-2-3-15)11-18(20)19(12-27-23)21-10-16-4-5-17(14-31(16)29-21)30-6-8-33-9-7-30/h4-5,10-15H,2-3,6-9H2,1H3,(H,25,27)(H,26,28,32). The lowest BCUT2D eigenvalue weighted by Crippen LogP contribution is -2.36. The van der Waals surface area contributed by atoms with Crippen LogP contribution in [0.4, 0.5) is 17.3 Å². The van der Waals surface area contributed by atoms with Gasteiger partial charge in [-0.15, -0.1) is 0 Å². The number of rotatable bonds is 5. The molecule has 1 aliphatic carbocycles. The summed E-state index contributed by atoms with van der Waals surface area (Å²) < 4.78 is 7.38. The average molecular weight is 444 g/mol. The van der Waals surface area contributed by atoms with E-state index in [4.69, 9.17) is 9.84 Å². The Morgan fingerprint density at radius 3 is 2.73 bits per heavy atom. The Balaban J connectivity index is 1.41. The molecule has 0 bridgehead atoms. The zero-order valence-electron chi connectivity index (χ0n) is 18.4. The second kappa shape index (κ2) is 8.00. The molecule has 1 saturated heterocycles. The molecule has 9 nitrogen and oxygen atoms in total. The topological polar surface area (TPSA) is 96.7 Å². The number of hydrogen-bond acceptors (Lipinski definition) is 7. The number of aromatic nitrogens is 4. The summed E-state index contributed by atoms with van der Waals surface area (Å²) in [5.74, 6) is 1.44. The summed E-state index contributed by atoms with van der Waals surface area (Å²) in [6.07, 6.45) is 7.54. The second-order valence-corrected chi connectivity index (χ2v) is 8.53. The number of anilines is 3. The zero-order valence-corrected chi connectivity index (χ0v) is 18.4. The molecule has 1 amide bonds. The van der Waals surface area contributed by atoms with E-state index in [-0.39, 0.29) is 11.8 Å². The van der Waals surface area contributed by atoms with Gasteiger partial charge in [-0.05, 0) is 37.1 Å². The maximum Gasteiger partial charge on any atom is 0.228 e. The Hall–Kier alpha value is -3.72. The summed E-state index contributed by atoms with van der Waals surface area (Å²) in [5.41, 5.74) is 3.84. The third kappa shape index (κ3) is 3.74. The van der Waals surface area contributed by atoms with Gasteiger partial charge >= 0.3 is 0 Å². The van der Waals surface area contributed by atoms with E-state index in [9.17, 15) is 4.79 Å². The second-order valence-electron chi connectivity index (χ2n) is 8.53. The van der Waals surface area contributed by atoms with Gasteiger partial charge < -0.3 is 20.3 Å². The summed E-state index contributed by atoms with van der Waals surface area (Å²) in [4.78, 5) is 23.6. The molecule has 4 aromatic rings. The number of morpholine rings is 1. The van der Waals surface area contributed by atoms with Gasteiger partial charge in [-0.25, -0.2) is 14.5 Å². The fourth-order valence-electron chi connectivity index (χ4n) is 4.30. The van der Waals surface area contributed by atoms with Crippen molar-refractivity contribution in [3.05, 3.63) is 42.9 Å². The average Bonchev–Trinajstić information content (AvgIpc) is 3.62. The molecule has 0 atom stereocenters. The Kier molecular flexibility index (Phi) is 4.83. The fraction of sp³-hybridized carbons (Fsp3) is 0.333. The Labute approximate surface area is 190 Å². The number of nitrogens with one attached hydrogen (secondary N) is 2. The van der Waals surface area contributed by atoms with Crippen LogP contribution in [-0.4, -0.2) is 58.8 Å². The third-order valence-electron chi connectivity index (χ3n) is 6.30. The van der Waals surface area contributed by atoms with Crippen LogP contribution in [0.25, 0.3) is 27.5 Å². The normalized spacial score (nSPS) is 16.3. The summed E-state index contributed by atoms with van der Waals surface area (Å²) in [5, 5.41) is 12.8. The molecule has 1 saturated carbocycles. The van der Waals surface area contributed by atoms with Gasteiger partial charge in [0.2, 0.25) is 5.91 Å². The van der Waals surface area contributed by atoms with E-state index in [1.165, 1.54) is 0 Å². The number of carbonyl (C=O) groups is 1. The summed E-state index contributed by atoms with van der Waals surface area (Å²) >= 11 is 0. The minimum atomic E-state index is 0.0367. The lowest BCUT2D eigenvalue weighted by atomic mass is 10.1. The van der Waals surface area contributed by atoms with Gasteiger partial charge in [0.1, 0.15) is 11.6 Å². The zero-order chi connectivity index (χ0) is 22.4. The molecule has 0 spiro atoms. The fourth-order valence-corrected chi connectivity index (χ4v) is 4.30. The molecule has 0 radical (unpaired) electrons. The SMILES string of the molecule is CNc1ncc(-c2cc3ccc(N4CCOCC4)cn3n2)c2cc(NC(=O)C3CC3)ncc12. The van der Waals surface area contributed by atoms with Crippen molar-refractivity contribution < 1.29 is 9.53 Å². The van der Waals surface area contributed by atoms with Crippen LogP contribution < -0.4 is 15.5 Å². The first kappa shape index (κ1) is 19.9. The van der Waals surface area contributed by atoms with Crippen molar-refractivity contribution in [1.29, 1.82) is 0 Å². The van der Waals surface area contributed by atoms with Crippen LogP contribution in [0.2, 0.25) is 0 Å². The smallest absolute Gasteiger partial charge is 0.228 e. The quantitative estimate of drug-likeness (QED) is 0.489. The number of ether oxygens (including phenoxy) is 1. The maximum absolute atomic E-state index is 12.3. The number of hydrogen-bond donors (Lipinski definition) is 2. The van der Waals surface area contributed by atoms with Crippen LogP contribution in [0.5, 0.6) is 0 Å². The minimum Gasteiger partial charge on any atom is -0.378 e. The van der Waals surface area contributed by atoms with Crippen molar-refractivity contribution in [3.8, 4) is 11.3 Å². The van der Waals surface area contributed by atoms with Gasteiger partial charge in [0.25, 0.3) is 0 Å². The minimum absolute atomic E-state index is 0.0367. The van der Waals surface area contributed by atoms with Crippen molar-refractivity contribution >= 4 is 39.5 Å². The molecule has 2 fully saturated rings. The number of pyridine rings is 3. The predicted molar refractivity (Wildman–Crippen MR) is 128 cm³/mol. The van der Waals surface area contributed by atoms with E-state index in [1.54, 1.807) is 6.20 Å². The largest absolute Gasteiger partial charge is 0.378 e. The van der Waals surface area contributed by atoms with Gasteiger partial charge in [0.15, 0.2) is 0 Å². The van der Waals surface area contributed by atoms with Gasteiger partial charge in [0.05, 0.1) is 36.3 Å². The molecule has 9 heteroatoms. The van der Waals surface area contributed by atoms with Crippen molar-refractivity contribution in [2.24, 2.45) is 5.92 Å². The van der Waals surface area contributed by atoms with Crippen LogP contribution in [0.1, 0.15) is 12.8 Å². The van der Waals surface area contributed by atoms with Crippen LogP contribution in [0.15, 0.2) is 42.9 Å². The molecule has 0 aromatic carbocycles. The van der Waals surface area contributed by atoms with Crippen molar-refractivity contribution in [2.45, 2.75) is 12.8 Å². The molecule has 168 valence electrons. The number of amides is 1. The van der Waals surface area contributed by atoms with Gasteiger partial charge in [-0.1, -0.05) is 0 Å². The van der Waals surface area contributed by atoms with Crippen LogP contribution >= 0.6 is 0 Å². The van der Waals surface area contributed by atoms with Crippen molar-refractivity contribution in [1.82, 2.24) is 19.6 Å². The van der Waals surface area contributed by atoms with E-state index in [1.807, 2.05) is 23.8 Å². The molecule has 6 rings (SSSR count). The molecule has 4 aromatic heterocycles. The highest BCUT2D eigenvalue weighted by Crippen LogP contribution is 2.34. The highest BCUT2D eigenvalue weighted by molar-refractivity contribution is 6.03. The van der Waals surface area contributed by atoms with Gasteiger partial charge in [-0.3, -0.25) is 4.79 Å². The first-order chi connectivity index (χ1) is 16.2. The van der Waals surface area contributed by atoms with Crippen molar-refractivity contribution in [3.63, 3.8) is 0 Å². The first-order valence-electron chi connectivity index (χ1n) is 11.3. The molecular formula is C24H25N7O2. The van der Waals surface area contributed by atoms with Crippen LogP contribution in [0.3, 0.4) is 0 Å². The number of carbonyl (C=O) groups excluding carboxylic acids is 1. The summed E-state index contributed by atoms with van der Waals surface area (Å²) in [6.45, 7) is 3.24. The molecule has 33 heavy (non-hydrogen) atoms. The Morgan fingerprint density at radius 2 is 1.94 bits per heavy atom. The molecule has 0 unspecified atom stereocenters. The first-order valence-corrected chi connectivity index (χ1v) is 11.3. The highest BCUT2D eigenvalue weighted by atomic mass is 16.5. The molecule has 2 aliphatic rings. The molecular weight excluding hydrogens is 418 g/mol. The monoisotopic (exact) mass is 443 g/mol. The number of nitrogens with zero attached hydrogens (tertiary/aromatic N) is 5. The maximum atomic E-state index is 12.3.